The van der Waals surface area contributed by atoms with Crippen LogP contribution in [0.2, 0.25) is 0 Å². The smallest absolute Gasteiger partial charge is 0.298 e. The van der Waals surface area contributed by atoms with Gasteiger partial charge in [0, 0.05) is 18.0 Å². The number of carbonyl (C=O) groups excluding carboxylic acids is 1. The highest BCUT2D eigenvalue weighted by Gasteiger charge is 2.28. The molecule has 0 bridgehead atoms. The van der Waals surface area contributed by atoms with E-state index in [1.165, 1.54) is 12.3 Å². The van der Waals surface area contributed by atoms with Crippen LogP contribution >= 0.6 is 0 Å². The number of aldehydes is 1. The van der Waals surface area contributed by atoms with E-state index < -0.39 is 12.6 Å². The monoisotopic (exact) mass is 189 g/mol. The van der Waals surface area contributed by atoms with E-state index in [0.717, 1.165) is 6.20 Å². The van der Waals surface area contributed by atoms with Crippen molar-refractivity contribution in [1.29, 1.82) is 0 Å². The van der Waals surface area contributed by atoms with E-state index >= 15 is 0 Å². The molecule has 0 radical (unpaired) electrons. The first-order valence-corrected chi connectivity index (χ1v) is 3.48. The summed E-state index contributed by atoms with van der Waals surface area (Å²) >= 11 is 0. The second-order valence-corrected chi connectivity index (χ2v) is 2.48. The Labute approximate surface area is 72.4 Å². The number of hydrogen-bond acceptors (Lipinski definition) is 2. The highest BCUT2D eigenvalue weighted by molar-refractivity contribution is 5.76. The lowest BCUT2D eigenvalue weighted by atomic mass is 10.1. The van der Waals surface area contributed by atoms with Gasteiger partial charge in [0.1, 0.15) is 6.29 Å². The van der Waals surface area contributed by atoms with E-state index in [-0.39, 0.29) is 11.1 Å². The highest BCUT2D eigenvalue weighted by Crippen LogP contribution is 2.21. The number of nitrogens with zero attached hydrogens (tertiary/aromatic N) is 1. The molecule has 0 aliphatic rings. The second-order valence-electron chi connectivity index (χ2n) is 2.48. The number of pyridine rings is 1. The van der Waals surface area contributed by atoms with Gasteiger partial charge in [0.05, 0.1) is 6.42 Å². The zero-order valence-electron chi connectivity index (χ0n) is 6.51. The van der Waals surface area contributed by atoms with Crippen molar-refractivity contribution in [2.75, 3.05) is 0 Å². The van der Waals surface area contributed by atoms with Crippen molar-refractivity contribution in [1.82, 2.24) is 4.98 Å². The molecule has 1 aromatic rings. The summed E-state index contributed by atoms with van der Waals surface area (Å²) in [6, 6.07) is 1.26. The van der Waals surface area contributed by atoms with E-state index in [0.29, 0.717) is 6.29 Å². The first kappa shape index (κ1) is 9.70. The van der Waals surface area contributed by atoms with Gasteiger partial charge in [-0.15, -0.1) is 0 Å². The maximum Gasteiger partial charge on any atom is 0.393 e. The maximum absolute atomic E-state index is 11.9. The third-order valence-electron chi connectivity index (χ3n) is 1.46. The predicted molar refractivity (Wildman–Crippen MR) is 39.4 cm³/mol. The van der Waals surface area contributed by atoms with Gasteiger partial charge in [-0.05, 0) is 11.6 Å². The topological polar surface area (TPSA) is 30.0 Å². The Kier molecular flexibility index (Phi) is 2.65. The average Bonchev–Trinajstić information content (AvgIpc) is 2.02. The Bertz CT molecular complexity index is 309. The quantitative estimate of drug-likeness (QED) is 0.666. The van der Waals surface area contributed by atoms with Crippen LogP contribution < -0.4 is 0 Å². The normalized spacial score (nSPS) is 11.3. The van der Waals surface area contributed by atoms with Crippen LogP contribution in [0.5, 0.6) is 0 Å². The number of carbonyl (C=O) groups is 1. The molecule has 0 unspecified atom stereocenters. The van der Waals surface area contributed by atoms with Crippen LogP contribution in [0.4, 0.5) is 13.2 Å². The summed E-state index contributed by atoms with van der Waals surface area (Å²) < 4.78 is 35.7. The van der Waals surface area contributed by atoms with Gasteiger partial charge in [0.15, 0.2) is 0 Å². The molecule has 0 aliphatic heterocycles. The molecule has 1 aromatic heterocycles. The molecule has 0 saturated heterocycles. The third-order valence-corrected chi connectivity index (χ3v) is 1.46. The van der Waals surface area contributed by atoms with E-state index in [1.807, 2.05) is 0 Å². The minimum absolute atomic E-state index is 0.0346. The van der Waals surface area contributed by atoms with Crippen LogP contribution in [0.25, 0.3) is 0 Å². The molecule has 0 saturated carbocycles. The minimum atomic E-state index is -4.30. The lowest BCUT2D eigenvalue weighted by Crippen LogP contribution is -2.13. The zero-order valence-corrected chi connectivity index (χ0v) is 6.51. The molecule has 0 N–H and O–H groups in total. The Hall–Kier alpha value is -1.39. The van der Waals surface area contributed by atoms with Crippen molar-refractivity contribution in [3.05, 3.63) is 29.6 Å². The summed E-state index contributed by atoms with van der Waals surface area (Å²) in [5, 5.41) is 0. The molecule has 1 rings (SSSR count). The Morgan fingerprint density at radius 2 is 2.15 bits per heavy atom. The zero-order chi connectivity index (χ0) is 9.90. The van der Waals surface area contributed by atoms with Crippen LogP contribution in [0.15, 0.2) is 18.5 Å². The van der Waals surface area contributed by atoms with Crippen LogP contribution in [0.1, 0.15) is 15.9 Å². The van der Waals surface area contributed by atoms with Crippen LogP contribution in [-0.2, 0) is 6.42 Å². The number of aromatic nitrogens is 1. The second kappa shape index (κ2) is 3.55. The van der Waals surface area contributed by atoms with Gasteiger partial charge in [-0.25, -0.2) is 0 Å². The van der Waals surface area contributed by atoms with E-state index in [2.05, 4.69) is 4.98 Å². The van der Waals surface area contributed by atoms with Gasteiger partial charge in [-0.1, -0.05) is 0 Å². The van der Waals surface area contributed by atoms with Crippen LogP contribution in [0, 0.1) is 0 Å². The van der Waals surface area contributed by atoms with E-state index in [9.17, 15) is 18.0 Å². The first-order chi connectivity index (χ1) is 6.03. The third kappa shape index (κ3) is 2.85. The molecule has 0 amide bonds. The summed E-state index contributed by atoms with van der Waals surface area (Å²) in [7, 11) is 0. The van der Waals surface area contributed by atoms with Crippen molar-refractivity contribution in [2.24, 2.45) is 0 Å². The Balaban J connectivity index is 2.94. The van der Waals surface area contributed by atoms with Gasteiger partial charge in [-0.2, -0.15) is 13.2 Å². The van der Waals surface area contributed by atoms with Crippen molar-refractivity contribution >= 4 is 6.29 Å². The van der Waals surface area contributed by atoms with E-state index in [1.54, 1.807) is 0 Å². The molecule has 13 heavy (non-hydrogen) atoms. The Morgan fingerprint density at radius 1 is 1.46 bits per heavy atom. The van der Waals surface area contributed by atoms with Crippen molar-refractivity contribution in [3.63, 3.8) is 0 Å². The number of halogens is 3. The molecule has 0 aromatic carbocycles. The molecule has 5 heteroatoms. The fourth-order valence-corrected chi connectivity index (χ4v) is 0.917. The van der Waals surface area contributed by atoms with Gasteiger partial charge in [0.2, 0.25) is 0 Å². The summed E-state index contributed by atoms with van der Waals surface area (Å²) in [4.78, 5) is 13.8. The molecule has 0 fully saturated rings. The summed E-state index contributed by atoms with van der Waals surface area (Å²) in [6.07, 6.45) is -2.70. The van der Waals surface area contributed by atoms with E-state index in [4.69, 9.17) is 0 Å². The lowest BCUT2D eigenvalue weighted by Gasteiger charge is -2.06. The van der Waals surface area contributed by atoms with Crippen molar-refractivity contribution in [2.45, 2.75) is 12.6 Å². The summed E-state index contributed by atoms with van der Waals surface area (Å²) in [5.41, 5.74) is -0.0580. The fourth-order valence-electron chi connectivity index (χ4n) is 0.917. The van der Waals surface area contributed by atoms with Gasteiger partial charge in [-0.3, -0.25) is 9.78 Å². The van der Waals surface area contributed by atoms with Crippen LogP contribution in [-0.4, -0.2) is 17.4 Å². The van der Waals surface area contributed by atoms with Gasteiger partial charge >= 0.3 is 6.18 Å². The largest absolute Gasteiger partial charge is 0.393 e. The van der Waals surface area contributed by atoms with Gasteiger partial charge in [0.25, 0.3) is 0 Å². The minimum Gasteiger partial charge on any atom is -0.298 e. The Morgan fingerprint density at radius 3 is 2.69 bits per heavy atom. The summed E-state index contributed by atoms with van der Waals surface area (Å²) in [5.74, 6) is 0. The number of alkyl halides is 3. The molecular formula is C8H6F3NO. The molecule has 0 spiro atoms. The lowest BCUT2D eigenvalue weighted by molar-refractivity contribution is -0.127. The molecular weight excluding hydrogens is 183 g/mol. The number of hydrogen-bond donors (Lipinski definition) is 0. The predicted octanol–water partition coefficient (Wildman–Crippen LogP) is 2.00. The highest BCUT2D eigenvalue weighted by atomic mass is 19.4. The van der Waals surface area contributed by atoms with Crippen molar-refractivity contribution in [3.8, 4) is 0 Å². The number of rotatable bonds is 2. The first-order valence-electron chi connectivity index (χ1n) is 3.48. The SMILES string of the molecule is O=Cc1ccncc1CC(F)(F)F. The molecule has 0 atom stereocenters. The molecule has 0 aliphatic carbocycles. The standard InChI is InChI=1S/C8H6F3NO/c9-8(10,11)3-7-4-12-2-1-6(7)5-13/h1-2,4-5H,3H2. The van der Waals surface area contributed by atoms with Crippen LogP contribution in [0.3, 0.4) is 0 Å². The molecule has 2 nitrogen and oxygen atoms in total. The average molecular weight is 189 g/mol. The molecule has 70 valence electrons. The molecule has 1 heterocycles. The van der Waals surface area contributed by atoms with Gasteiger partial charge < -0.3 is 0 Å². The van der Waals surface area contributed by atoms with Crippen molar-refractivity contribution < 1.29 is 18.0 Å². The fraction of sp³-hybridized carbons (Fsp3) is 0.250. The summed E-state index contributed by atoms with van der Waals surface area (Å²) in [6.45, 7) is 0. The maximum atomic E-state index is 11.9.